The predicted octanol–water partition coefficient (Wildman–Crippen LogP) is 2.70. The summed E-state index contributed by atoms with van der Waals surface area (Å²) in [5.41, 5.74) is 0. The summed E-state index contributed by atoms with van der Waals surface area (Å²) in [6.45, 7) is 3.58. The van der Waals surface area contributed by atoms with E-state index in [1.165, 1.54) is 19.8 Å². The van der Waals surface area contributed by atoms with Crippen LogP contribution in [0.15, 0.2) is 4.52 Å². The second kappa shape index (κ2) is 5.98. The fourth-order valence-corrected chi connectivity index (χ4v) is 2.53. The van der Waals surface area contributed by atoms with E-state index in [2.05, 4.69) is 22.4 Å². The van der Waals surface area contributed by atoms with Gasteiger partial charge in [0.2, 0.25) is 11.8 Å². The molecule has 2 rings (SSSR count). The predicted molar refractivity (Wildman–Crippen MR) is 67.0 cm³/mol. The summed E-state index contributed by atoms with van der Waals surface area (Å²) in [7, 11) is 0. The Hall–Kier alpha value is -1.39. The maximum Gasteiger partial charge on any atom is 0.249 e. The Morgan fingerprint density at radius 1 is 1.50 bits per heavy atom. The molecule has 1 aromatic rings. The molecule has 5 nitrogen and oxygen atoms in total. The Kier molecular flexibility index (Phi) is 4.33. The Morgan fingerprint density at radius 2 is 2.22 bits per heavy atom. The lowest BCUT2D eigenvalue weighted by molar-refractivity contribution is -0.119. The van der Waals surface area contributed by atoms with E-state index in [0.717, 1.165) is 31.5 Å². The number of carbonyl (C=O) groups excluding carboxylic acids is 1. The number of hydrogen-bond acceptors (Lipinski definition) is 4. The van der Waals surface area contributed by atoms with Crippen LogP contribution in [0, 0.1) is 0 Å². The molecule has 0 spiro atoms. The van der Waals surface area contributed by atoms with Gasteiger partial charge in [-0.3, -0.25) is 4.79 Å². The van der Waals surface area contributed by atoms with Gasteiger partial charge in [-0.05, 0) is 19.3 Å². The van der Waals surface area contributed by atoms with E-state index < -0.39 is 0 Å². The lowest BCUT2D eigenvalue weighted by Gasteiger charge is -2.11. The van der Waals surface area contributed by atoms with Crippen molar-refractivity contribution in [1.82, 2.24) is 15.5 Å². The molecule has 1 aromatic heterocycles. The highest BCUT2D eigenvalue weighted by Gasteiger charge is 2.25. The molecular formula is C13H21N3O2. The first kappa shape index (κ1) is 13.1. The van der Waals surface area contributed by atoms with E-state index in [1.807, 2.05) is 0 Å². The number of hydrogen-bond donors (Lipinski definition) is 1. The van der Waals surface area contributed by atoms with Crippen LogP contribution in [0.25, 0.3) is 0 Å². The van der Waals surface area contributed by atoms with Crippen LogP contribution in [0.5, 0.6) is 0 Å². The van der Waals surface area contributed by atoms with Crippen LogP contribution in [0.3, 0.4) is 0 Å². The van der Waals surface area contributed by atoms with Crippen LogP contribution in [-0.2, 0) is 4.79 Å². The van der Waals surface area contributed by atoms with E-state index in [-0.39, 0.29) is 11.9 Å². The van der Waals surface area contributed by atoms with Gasteiger partial charge in [-0.25, -0.2) is 0 Å². The van der Waals surface area contributed by atoms with Gasteiger partial charge in [-0.1, -0.05) is 31.3 Å². The van der Waals surface area contributed by atoms with Gasteiger partial charge in [0, 0.05) is 12.8 Å². The van der Waals surface area contributed by atoms with E-state index in [0.29, 0.717) is 11.8 Å². The van der Waals surface area contributed by atoms with Crippen molar-refractivity contribution < 1.29 is 9.32 Å². The molecule has 1 fully saturated rings. The van der Waals surface area contributed by atoms with Crippen molar-refractivity contribution in [1.29, 1.82) is 0 Å². The van der Waals surface area contributed by atoms with Gasteiger partial charge in [0.15, 0.2) is 5.82 Å². The third-order valence-electron chi connectivity index (χ3n) is 3.43. The van der Waals surface area contributed by atoms with Gasteiger partial charge >= 0.3 is 0 Å². The topological polar surface area (TPSA) is 68.0 Å². The van der Waals surface area contributed by atoms with Gasteiger partial charge in [0.25, 0.3) is 0 Å². The van der Waals surface area contributed by atoms with Gasteiger partial charge in [-0.2, -0.15) is 4.98 Å². The lowest BCUT2D eigenvalue weighted by Crippen LogP contribution is -2.26. The minimum atomic E-state index is -0.143. The molecule has 0 saturated heterocycles. The number of carbonyl (C=O) groups is 1. The third-order valence-corrected chi connectivity index (χ3v) is 3.43. The average Bonchev–Trinajstić information content (AvgIpc) is 2.99. The molecule has 1 unspecified atom stereocenters. The molecule has 5 heteroatoms. The SMILES string of the molecule is CCCC(NC(C)=O)c1nc(C2CCCC2)no1. The first-order chi connectivity index (χ1) is 8.70. The molecule has 1 aliphatic rings. The fraction of sp³-hybridized carbons (Fsp3) is 0.769. The Morgan fingerprint density at radius 3 is 2.83 bits per heavy atom. The zero-order chi connectivity index (χ0) is 13.0. The molecule has 0 radical (unpaired) electrons. The summed E-state index contributed by atoms with van der Waals surface area (Å²) < 4.78 is 5.32. The molecule has 0 bridgehead atoms. The molecular weight excluding hydrogens is 230 g/mol. The first-order valence-electron chi connectivity index (χ1n) is 6.81. The zero-order valence-corrected chi connectivity index (χ0v) is 11.1. The van der Waals surface area contributed by atoms with Crippen molar-refractivity contribution in [3.8, 4) is 0 Å². The highest BCUT2D eigenvalue weighted by Crippen LogP contribution is 2.32. The number of aromatic nitrogens is 2. The van der Waals surface area contributed by atoms with Crippen molar-refractivity contribution in [3.63, 3.8) is 0 Å². The van der Waals surface area contributed by atoms with E-state index in [1.54, 1.807) is 0 Å². The second-order valence-corrected chi connectivity index (χ2v) is 5.01. The minimum Gasteiger partial charge on any atom is -0.345 e. The van der Waals surface area contributed by atoms with Crippen LogP contribution in [0.1, 0.15) is 76.0 Å². The van der Waals surface area contributed by atoms with Gasteiger partial charge in [0.1, 0.15) is 6.04 Å². The highest BCUT2D eigenvalue weighted by atomic mass is 16.5. The Balaban J connectivity index is 2.07. The van der Waals surface area contributed by atoms with Gasteiger partial charge < -0.3 is 9.84 Å². The zero-order valence-electron chi connectivity index (χ0n) is 11.1. The number of nitrogens with one attached hydrogen (secondary N) is 1. The molecule has 0 aliphatic heterocycles. The Bertz CT molecular complexity index is 397. The first-order valence-corrected chi connectivity index (χ1v) is 6.81. The summed E-state index contributed by atoms with van der Waals surface area (Å²) in [5.74, 6) is 1.75. The second-order valence-electron chi connectivity index (χ2n) is 5.01. The maximum absolute atomic E-state index is 11.2. The number of rotatable bonds is 5. The number of nitrogens with zero attached hydrogens (tertiary/aromatic N) is 2. The van der Waals surface area contributed by atoms with Crippen LogP contribution in [0.4, 0.5) is 0 Å². The van der Waals surface area contributed by atoms with Crippen LogP contribution in [-0.4, -0.2) is 16.0 Å². The van der Waals surface area contributed by atoms with Crippen LogP contribution >= 0.6 is 0 Å². The molecule has 1 N–H and O–H groups in total. The highest BCUT2D eigenvalue weighted by molar-refractivity contribution is 5.73. The molecule has 18 heavy (non-hydrogen) atoms. The molecule has 1 aliphatic carbocycles. The van der Waals surface area contributed by atoms with Crippen molar-refractivity contribution in [2.75, 3.05) is 0 Å². The van der Waals surface area contributed by atoms with Gasteiger partial charge in [-0.15, -0.1) is 0 Å². The summed E-state index contributed by atoms with van der Waals surface area (Å²) in [5, 5.41) is 6.94. The van der Waals surface area contributed by atoms with E-state index >= 15 is 0 Å². The molecule has 100 valence electrons. The summed E-state index contributed by atoms with van der Waals surface area (Å²) >= 11 is 0. The maximum atomic E-state index is 11.2. The van der Waals surface area contributed by atoms with Crippen molar-refractivity contribution in [3.05, 3.63) is 11.7 Å². The van der Waals surface area contributed by atoms with Crippen LogP contribution < -0.4 is 5.32 Å². The Labute approximate surface area is 107 Å². The molecule has 1 heterocycles. The lowest BCUT2D eigenvalue weighted by atomic mass is 10.1. The number of amides is 1. The molecule has 1 amide bonds. The molecule has 1 atom stereocenters. The largest absolute Gasteiger partial charge is 0.345 e. The normalized spacial score (nSPS) is 17.9. The molecule has 0 aromatic carbocycles. The molecule has 1 saturated carbocycles. The van der Waals surface area contributed by atoms with E-state index in [9.17, 15) is 4.79 Å². The summed E-state index contributed by atoms with van der Waals surface area (Å²) in [6, 6.07) is -0.143. The smallest absolute Gasteiger partial charge is 0.249 e. The van der Waals surface area contributed by atoms with Gasteiger partial charge in [0.05, 0.1) is 0 Å². The van der Waals surface area contributed by atoms with E-state index in [4.69, 9.17) is 4.52 Å². The van der Waals surface area contributed by atoms with Crippen molar-refractivity contribution in [2.45, 2.75) is 64.3 Å². The quantitative estimate of drug-likeness (QED) is 0.873. The summed E-state index contributed by atoms with van der Waals surface area (Å²) in [4.78, 5) is 15.6. The van der Waals surface area contributed by atoms with Crippen molar-refractivity contribution >= 4 is 5.91 Å². The minimum absolute atomic E-state index is 0.0610. The monoisotopic (exact) mass is 251 g/mol. The van der Waals surface area contributed by atoms with Crippen molar-refractivity contribution in [2.24, 2.45) is 0 Å². The average molecular weight is 251 g/mol. The third kappa shape index (κ3) is 3.09. The fourth-order valence-electron chi connectivity index (χ4n) is 2.53. The summed E-state index contributed by atoms with van der Waals surface area (Å²) in [6.07, 6.45) is 6.59. The van der Waals surface area contributed by atoms with Crippen LogP contribution in [0.2, 0.25) is 0 Å². The standard InChI is InChI=1S/C13H21N3O2/c1-3-6-11(14-9(2)17)13-15-12(16-18-13)10-7-4-5-8-10/h10-11H,3-8H2,1-2H3,(H,14,17).